The van der Waals surface area contributed by atoms with Gasteiger partial charge in [-0.2, -0.15) is 0 Å². The summed E-state index contributed by atoms with van der Waals surface area (Å²) in [4.78, 5) is 46.2. The molecule has 0 fully saturated rings. The van der Waals surface area contributed by atoms with E-state index < -0.39 is 17.7 Å². The summed E-state index contributed by atoms with van der Waals surface area (Å²) in [5.74, 6) is -1.93. The van der Waals surface area contributed by atoms with Gasteiger partial charge in [0.15, 0.2) is 0 Å². The molecule has 10 heteroatoms. The molecule has 1 aliphatic rings. The standard InChI is InChI=1S/C14H8Cl2N2O2.C8H8N2O2/c15-9-5-10(16)12-6-11(9)18(12)14(20)8-3-1-2-7(4-8)13(17)19;9-7(11)5-1-2-6(4-3-5)8(10)12/h1-6H,(H2,17,19);1-4H,(H2,9,11)(H2,10,12). The van der Waals surface area contributed by atoms with Gasteiger partial charge >= 0.3 is 0 Å². The van der Waals surface area contributed by atoms with Crippen LogP contribution in [0.3, 0.4) is 0 Å². The minimum absolute atomic E-state index is 0.275. The van der Waals surface area contributed by atoms with E-state index in [2.05, 4.69) is 0 Å². The van der Waals surface area contributed by atoms with Crippen LogP contribution in [0.15, 0.2) is 60.7 Å². The number of carbonyl (C=O) groups is 4. The van der Waals surface area contributed by atoms with Crippen LogP contribution in [-0.4, -0.2) is 23.6 Å². The average Bonchev–Trinajstić information content (AvgIpc) is 2.73. The third kappa shape index (κ3) is 4.56. The molecule has 0 spiro atoms. The summed E-state index contributed by atoms with van der Waals surface area (Å²) in [5.41, 5.74) is 17.7. The van der Waals surface area contributed by atoms with Crippen LogP contribution in [0.1, 0.15) is 41.4 Å². The van der Waals surface area contributed by atoms with Crippen molar-refractivity contribution < 1.29 is 19.2 Å². The van der Waals surface area contributed by atoms with E-state index in [0.29, 0.717) is 38.1 Å². The highest BCUT2D eigenvalue weighted by Gasteiger charge is 2.32. The van der Waals surface area contributed by atoms with Crippen molar-refractivity contribution in [3.63, 3.8) is 0 Å². The number of anilines is 2. The highest BCUT2D eigenvalue weighted by Crippen LogP contribution is 2.48. The summed E-state index contributed by atoms with van der Waals surface area (Å²) in [5, 5.41) is 0.814. The topological polar surface area (TPSA) is 150 Å². The SMILES string of the molecule is NC(=O)c1ccc(C(N)=O)cc1.NC(=O)c1cccc(C(=O)N2c3cc2c(Cl)cc3Cl)c1. The monoisotopic (exact) mass is 470 g/mol. The van der Waals surface area contributed by atoms with Crippen LogP contribution < -0.4 is 22.1 Å². The fraction of sp³-hybridized carbons (Fsp3) is 0. The molecule has 0 saturated carbocycles. The number of primary amides is 3. The fourth-order valence-electron chi connectivity index (χ4n) is 2.89. The lowest BCUT2D eigenvalue weighted by atomic mass is 10.0. The Hall–Kier alpha value is -3.88. The number of amides is 4. The van der Waals surface area contributed by atoms with Crippen LogP contribution in [0, 0.1) is 0 Å². The second kappa shape index (κ2) is 9.09. The Balaban J connectivity index is 0.000000207. The third-order valence-corrected chi connectivity index (χ3v) is 5.15. The van der Waals surface area contributed by atoms with Crippen molar-refractivity contribution in [2.24, 2.45) is 17.2 Å². The molecule has 0 unspecified atom stereocenters. The van der Waals surface area contributed by atoms with Gasteiger partial charge in [0.1, 0.15) is 0 Å². The molecular weight excluding hydrogens is 455 g/mol. The molecule has 2 bridgehead atoms. The zero-order chi connectivity index (χ0) is 23.6. The predicted molar refractivity (Wildman–Crippen MR) is 121 cm³/mol. The van der Waals surface area contributed by atoms with Crippen LogP contribution in [0.4, 0.5) is 11.4 Å². The van der Waals surface area contributed by atoms with Crippen molar-refractivity contribution in [3.8, 4) is 0 Å². The molecule has 0 radical (unpaired) electrons. The Morgan fingerprint density at radius 2 is 1.03 bits per heavy atom. The number of benzene rings is 3. The maximum atomic E-state index is 12.5. The maximum absolute atomic E-state index is 12.5. The number of halogens is 2. The van der Waals surface area contributed by atoms with Gasteiger partial charge in [0.25, 0.3) is 5.91 Å². The lowest BCUT2D eigenvalue weighted by molar-refractivity contribution is 0.0988. The molecule has 3 aromatic carbocycles. The summed E-state index contributed by atoms with van der Waals surface area (Å²) < 4.78 is 0. The largest absolute Gasteiger partial charge is 0.366 e. The quantitative estimate of drug-likeness (QED) is 0.535. The number of nitrogens with two attached hydrogens (primary N) is 3. The first-order chi connectivity index (χ1) is 15.1. The predicted octanol–water partition coefficient (Wildman–Crippen LogP) is 3.27. The number of hydrogen-bond donors (Lipinski definition) is 3. The summed E-state index contributed by atoms with van der Waals surface area (Å²) >= 11 is 12.0. The summed E-state index contributed by atoms with van der Waals surface area (Å²) in [6.07, 6.45) is 0. The molecule has 0 aromatic heterocycles. The maximum Gasteiger partial charge on any atom is 0.262 e. The van der Waals surface area contributed by atoms with Crippen LogP contribution >= 0.6 is 23.2 Å². The first-order valence-electron chi connectivity index (χ1n) is 9.03. The van der Waals surface area contributed by atoms with Crippen molar-refractivity contribution in [2.75, 3.05) is 4.90 Å². The van der Waals surface area contributed by atoms with Gasteiger partial charge < -0.3 is 17.2 Å². The van der Waals surface area contributed by atoms with Crippen molar-refractivity contribution in [3.05, 3.63) is 93.0 Å². The van der Waals surface area contributed by atoms with Crippen LogP contribution in [0.25, 0.3) is 0 Å². The number of carbonyl (C=O) groups excluding carboxylic acids is 4. The molecule has 0 saturated heterocycles. The minimum atomic E-state index is -0.585. The number of nitrogens with zero attached hydrogens (tertiary/aromatic N) is 1. The fourth-order valence-corrected chi connectivity index (χ4v) is 3.44. The molecule has 0 aliphatic carbocycles. The Kier molecular flexibility index (Phi) is 6.47. The van der Waals surface area contributed by atoms with Crippen molar-refractivity contribution in [2.45, 2.75) is 0 Å². The van der Waals surface area contributed by atoms with Gasteiger partial charge in [0.2, 0.25) is 17.7 Å². The zero-order valence-corrected chi connectivity index (χ0v) is 17.9. The molecule has 32 heavy (non-hydrogen) atoms. The highest BCUT2D eigenvalue weighted by molar-refractivity contribution is 6.41. The van der Waals surface area contributed by atoms with Gasteiger partial charge in [-0.05, 0) is 54.6 Å². The minimum Gasteiger partial charge on any atom is -0.366 e. The van der Waals surface area contributed by atoms with E-state index in [1.807, 2.05) is 0 Å². The van der Waals surface area contributed by atoms with Crippen molar-refractivity contribution in [1.29, 1.82) is 0 Å². The zero-order valence-electron chi connectivity index (χ0n) is 16.3. The lowest BCUT2D eigenvalue weighted by Gasteiger charge is -2.33. The first kappa shape index (κ1) is 22.8. The summed E-state index contributed by atoms with van der Waals surface area (Å²) in [6.45, 7) is 0. The Bertz CT molecular complexity index is 1200. The van der Waals surface area contributed by atoms with E-state index in [0.717, 1.165) is 0 Å². The number of fused-ring (bicyclic) bond motifs is 2. The van der Waals surface area contributed by atoms with E-state index in [1.165, 1.54) is 35.2 Å². The highest BCUT2D eigenvalue weighted by atomic mass is 35.5. The third-order valence-electron chi connectivity index (χ3n) is 4.55. The molecule has 8 nitrogen and oxygen atoms in total. The van der Waals surface area contributed by atoms with Crippen molar-refractivity contribution in [1.82, 2.24) is 0 Å². The smallest absolute Gasteiger partial charge is 0.262 e. The van der Waals surface area contributed by atoms with Crippen LogP contribution in [-0.2, 0) is 0 Å². The normalized spacial score (nSPS) is 11.0. The van der Waals surface area contributed by atoms with Crippen LogP contribution in [0.2, 0.25) is 10.0 Å². The van der Waals surface area contributed by atoms with Crippen LogP contribution in [0.5, 0.6) is 0 Å². The van der Waals surface area contributed by atoms with E-state index >= 15 is 0 Å². The molecular formula is C22H16Cl2N4O4. The Morgan fingerprint density at radius 3 is 1.44 bits per heavy atom. The van der Waals surface area contributed by atoms with Gasteiger partial charge in [-0.1, -0.05) is 29.3 Å². The van der Waals surface area contributed by atoms with E-state index in [9.17, 15) is 19.2 Å². The van der Waals surface area contributed by atoms with Gasteiger partial charge in [0.05, 0.1) is 21.4 Å². The van der Waals surface area contributed by atoms with E-state index in [-0.39, 0.29) is 11.5 Å². The van der Waals surface area contributed by atoms with E-state index in [4.69, 9.17) is 40.4 Å². The van der Waals surface area contributed by atoms with E-state index in [1.54, 1.807) is 30.3 Å². The lowest BCUT2D eigenvalue weighted by Crippen LogP contribution is -2.32. The molecule has 4 rings (SSSR count). The molecule has 4 amide bonds. The molecule has 0 atom stereocenters. The molecule has 6 N–H and O–H groups in total. The van der Waals surface area contributed by atoms with Gasteiger partial charge in [-0.25, -0.2) is 0 Å². The molecule has 1 aliphatic heterocycles. The van der Waals surface area contributed by atoms with Gasteiger partial charge in [0, 0.05) is 22.3 Å². The number of rotatable bonds is 4. The van der Waals surface area contributed by atoms with Gasteiger partial charge in [-0.15, -0.1) is 0 Å². The summed E-state index contributed by atoms with van der Waals surface area (Å²) in [7, 11) is 0. The molecule has 162 valence electrons. The van der Waals surface area contributed by atoms with Crippen molar-refractivity contribution >= 4 is 58.2 Å². The second-order valence-corrected chi connectivity index (χ2v) is 7.46. The van der Waals surface area contributed by atoms with Gasteiger partial charge in [-0.3, -0.25) is 24.1 Å². The molecule has 1 heterocycles. The first-order valence-corrected chi connectivity index (χ1v) is 9.78. The second-order valence-electron chi connectivity index (χ2n) is 6.65. The number of hydrogen-bond acceptors (Lipinski definition) is 4. The average molecular weight is 471 g/mol. The Labute approximate surface area is 192 Å². The molecule has 3 aromatic rings. The Morgan fingerprint density at radius 1 is 0.594 bits per heavy atom. The summed E-state index contributed by atoms with van der Waals surface area (Å²) in [6, 6.07) is 15.4.